The van der Waals surface area contributed by atoms with Crippen molar-refractivity contribution in [2.24, 2.45) is 0 Å². The van der Waals surface area contributed by atoms with Crippen LogP contribution in [0.2, 0.25) is 5.02 Å². The van der Waals surface area contributed by atoms with Crippen molar-refractivity contribution < 1.29 is 9.85 Å². The number of para-hydroxylation sites is 3. The first kappa shape index (κ1) is 18.6. The van der Waals surface area contributed by atoms with Gasteiger partial charge in [0.2, 0.25) is 0 Å². The van der Waals surface area contributed by atoms with E-state index in [0.29, 0.717) is 0 Å². The molecule has 1 aliphatic rings. The van der Waals surface area contributed by atoms with Crippen LogP contribution in [0.15, 0.2) is 48.5 Å². The van der Waals surface area contributed by atoms with Crippen LogP contribution in [-0.4, -0.2) is 36.0 Å². The fraction of sp³-hybridized carbons (Fsp3) is 0.250. The Labute approximate surface area is 149 Å². The van der Waals surface area contributed by atoms with Crippen LogP contribution in [0.3, 0.4) is 0 Å². The fourth-order valence-electron chi connectivity index (χ4n) is 2.39. The van der Waals surface area contributed by atoms with E-state index in [-0.39, 0.29) is 21.3 Å². The lowest BCUT2D eigenvalue weighted by molar-refractivity contribution is -0.384. The smallest absolute Gasteiger partial charge is 0.292 e. The summed E-state index contributed by atoms with van der Waals surface area (Å²) in [5, 5.41) is 24.4. The average Bonchev–Trinajstić information content (AvgIpc) is 2.63. The number of hydrogen-bond acceptors (Lipinski definition) is 6. The van der Waals surface area contributed by atoms with Gasteiger partial charge in [-0.1, -0.05) is 35.9 Å². The standard InChI is InChI=1S/C10H13N3O2.C6H4ClNO2/c14-13(15)10-4-2-1-3-9(10)12-7-5-11-6-8-12;7-5-3-1-2-4-6(5)8(9)10/h1-4,11H,5-8H2;1-4H. The van der Waals surface area contributed by atoms with Crippen LogP contribution >= 0.6 is 11.6 Å². The number of rotatable bonds is 3. The van der Waals surface area contributed by atoms with Crippen molar-refractivity contribution in [1.82, 2.24) is 5.32 Å². The van der Waals surface area contributed by atoms with Crippen molar-refractivity contribution >= 4 is 28.7 Å². The van der Waals surface area contributed by atoms with Gasteiger partial charge in [-0.2, -0.15) is 0 Å². The third-order valence-electron chi connectivity index (χ3n) is 3.59. The van der Waals surface area contributed by atoms with Crippen LogP contribution in [0.5, 0.6) is 0 Å². The lowest BCUT2D eigenvalue weighted by atomic mass is 10.2. The van der Waals surface area contributed by atoms with Gasteiger partial charge in [0.15, 0.2) is 0 Å². The predicted octanol–water partition coefficient (Wildman–Crippen LogP) is 3.25. The highest BCUT2D eigenvalue weighted by Crippen LogP contribution is 2.27. The number of nitro benzene ring substituents is 2. The molecule has 0 atom stereocenters. The molecule has 0 saturated carbocycles. The van der Waals surface area contributed by atoms with E-state index in [1.165, 1.54) is 12.1 Å². The molecule has 1 saturated heterocycles. The zero-order valence-electron chi connectivity index (χ0n) is 13.3. The summed E-state index contributed by atoms with van der Waals surface area (Å²) in [6, 6.07) is 13.0. The van der Waals surface area contributed by atoms with Crippen molar-refractivity contribution in [3.63, 3.8) is 0 Å². The Morgan fingerprint density at radius 3 is 1.92 bits per heavy atom. The molecular formula is C16H17ClN4O4. The SMILES string of the molecule is O=[N+]([O-])c1ccccc1Cl.O=[N+]([O-])c1ccccc1N1CCNCC1. The Balaban J connectivity index is 0.000000196. The molecule has 2 aromatic rings. The van der Waals surface area contributed by atoms with E-state index < -0.39 is 4.92 Å². The number of nitrogens with one attached hydrogen (secondary N) is 1. The molecule has 0 bridgehead atoms. The van der Waals surface area contributed by atoms with E-state index in [9.17, 15) is 20.2 Å². The zero-order chi connectivity index (χ0) is 18.2. The zero-order valence-corrected chi connectivity index (χ0v) is 14.1. The minimum atomic E-state index is -0.512. The molecule has 3 rings (SSSR count). The van der Waals surface area contributed by atoms with Gasteiger partial charge >= 0.3 is 0 Å². The molecule has 1 fully saturated rings. The highest BCUT2D eigenvalue weighted by molar-refractivity contribution is 6.32. The van der Waals surface area contributed by atoms with Crippen LogP contribution in [0.25, 0.3) is 0 Å². The van der Waals surface area contributed by atoms with Gasteiger partial charge in [-0.15, -0.1) is 0 Å². The molecule has 9 heteroatoms. The van der Waals surface area contributed by atoms with Crippen molar-refractivity contribution in [2.75, 3.05) is 31.1 Å². The molecule has 0 radical (unpaired) electrons. The topological polar surface area (TPSA) is 102 Å². The second kappa shape index (κ2) is 8.95. The summed E-state index contributed by atoms with van der Waals surface area (Å²) < 4.78 is 0. The van der Waals surface area contributed by atoms with E-state index in [4.69, 9.17) is 11.6 Å². The van der Waals surface area contributed by atoms with E-state index in [1.807, 2.05) is 12.1 Å². The Kier molecular flexibility index (Phi) is 6.67. The quantitative estimate of drug-likeness (QED) is 0.662. The van der Waals surface area contributed by atoms with Crippen LogP contribution in [0.1, 0.15) is 0 Å². The molecule has 1 N–H and O–H groups in total. The first-order valence-corrected chi connectivity index (χ1v) is 7.96. The maximum Gasteiger partial charge on any atom is 0.292 e. The van der Waals surface area contributed by atoms with Gasteiger partial charge in [0.1, 0.15) is 10.7 Å². The van der Waals surface area contributed by atoms with Crippen LogP contribution < -0.4 is 10.2 Å². The minimum absolute atomic E-state index is 0.0517. The predicted molar refractivity (Wildman–Crippen MR) is 96.3 cm³/mol. The number of nitrogens with zero attached hydrogens (tertiary/aromatic N) is 3. The summed E-state index contributed by atoms with van der Waals surface area (Å²) in [5.74, 6) is 0. The number of halogens is 1. The summed E-state index contributed by atoms with van der Waals surface area (Å²) in [7, 11) is 0. The van der Waals surface area contributed by atoms with E-state index in [0.717, 1.165) is 31.9 Å². The summed E-state index contributed by atoms with van der Waals surface area (Å²) in [4.78, 5) is 22.2. The second-order valence-electron chi connectivity index (χ2n) is 5.19. The van der Waals surface area contributed by atoms with Gasteiger partial charge in [0, 0.05) is 38.3 Å². The first-order valence-electron chi connectivity index (χ1n) is 7.58. The summed E-state index contributed by atoms with van der Waals surface area (Å²) >= 11 is 5.48. The number of hydrogen-bond donors (Lipinski definition) is 1. The van der Waals surface area contributed by atoms with Crippen LogP contribution in [0.4, 0.5) is 17.1 Å². The maximum atomic E-state index is 10.8. The summed E-state index contributed by atoms with van der Waals surface area (Å²) in [6.07, 6.45) is 0. The number of piperazine rings is 1. The van der Waals surface area contributed by atoms with E-state index in [2.05, 4.69) is 10.2 Å². The Hall–Kier alpha value is -2.71. The Morgan fingerprint density at radius 2 is 1.40 bits per heavy atom. The van der Waals surface area contributed by atoms with Crippen LogP contribution in [0, 0.1) is 20.2 Å². The van der Waals surface area contributed by atoms with E-state index in [1.54, 1.807) is 24.3 Å². The molecule has 0 aromatic heterocycles. The van der Waals surface area contributed by atoms with Crippen molar-refractivity contribution in [2.45, 2.75) is 0 Å². The summed E-state index contributed by atoms with van der Waals surface area (Å²) in [6.45, 7) is 3.41. The van der Waals surface area contributed by atoms with Crippen molar-refractivity contribution in [3.8, 4) is 0 Å². The number of anilines is 1. The molecule has 0 unspecified atom stereocenters. The lowest BCUT2D eigenvalue weighted by Crippen LogP contribution is -2.43. The van der Waals surface area contributed by atoms with Crippen molar-refractivity contribution in [1.29, 1.82) is 0 Å². The molecule has 0 amide bonds. The molecular weight excluding hydrogens is 348 g/mol. The minimum Gasteiger partial charge on any atom is -0.363 e. The lowest BCUT2D eigenvalue weighted by Gasteiger charge is -2.28. The molecule has 0 aliphatic carbocycles. The maximum absolute atomic E-state index is 10.8. The third kappa shape index (κ3) is 5.13. The molecule has 2 aromatic carbocycles. The summed E-state index contributed by atoms with van der Waals surface area (Å²) in [5.41, 5.74) is 0.868. The highest BCUT2D eigenvalue weighted by Gasteiger charge is 2.19. The molecule has 1 aliphatic heterocycles. The van der Waals surface area contributed by atoms with Gasteiger partial charge in [0.05, 0.1) is 9.85 Å². The molecule has 8 nitrogen and oxygen atoms in total. The number of nitro groups is 2. The molecule has 1 heterocycles. The van der Waals surface area contributed by atoms with Gasteiger partial charge in [0.25, 0.3) is 11.4 Å². The molecule has 132 valence electrons. The van der Waals surface area contributed by atoms with E-state index >= 15 is 0 Å². The third-order valence-corrected chi connectivity index (χ3v) is 3.90. The highest BCUT2D eigenvalue weighted by atomic mass is 35.5. The largest absolute Gasteiger partial charge is 0.363 e. The van der Waals surface area contributed by atoms with Gasteiger partial charge in [-0.25, -0.2) is 0 Å². The number of benzene rings is 2. The molecule has 0 spiro atoms. The fourth-order valence-corrected chi connectivity index (χ4v) is 2.60. The second-order valence-corrected chi connectivity index (χ2v) is 5.60. The Bertz CT molecular complexity index is 750. The van der Waals surface area contributed by atoms with Gasteiger partial charge in [-0.05, 0) is 12.1 Å². The normalized spacial score (nSPS) is 13.6. The average molecular weight is 365 g/mol. The van der Waals surface area contributed by atoms with Gasteiger partial charge < -0.3 is 10.2 Å². The van der Waals surface area contributed by atoms with Gasteiger partial charge in [-0.3, -0.25) is 20.2 Å². The monoisotopic (exact) mass is 364 g/mol. The van der Waals surface area contributed by atoms with Crippen LogP contribution in [-0.2, 0) is 0 Å². The first-order chi connectivity index (χ1) is 12.0. The van der Waals surface area contributed by atoms with Crippen molar-refractivity contribution in [3.05, 3.63) is 73.8 Å². The molecule has 25 heavy (non-hydrogen) atoms. The Morgan fingerprint density at radius 1 is 0.880 bits per heavy atom.